The van der Waals surface area contributed by atoms with Crippen molar-refractivity contribution in [3.05, 3.63) is 54.4 Å². The quantitative estimate of drug-likeness (QED) is 0.639. The molecule has 146 valence electrons. The van der Waals surface area contributed by atoms with Gasteiger partial charge >= 0.3 is 0 Å². The van der Waals surface area contributed by atoms with Crippen LogP contribution in [0.4, 0.5) is 5.69 Å². The molecule has 3 aromatic rings. The second-order valence-corrected chi connectivity index (χ2v) is 8.04. The van der Waals surface area contributed by atoms with E-state index in [0.717, 1.165) is 28.8 Å². The van der Waals surface area contributed by atoms with Gasteiger partial charge in [-0.2, -0.15) is 0 Å². The minimum Gasteiger partial charge on any atom is -0.378 e. The smallest absolute Gasteiger partial charge is 0.217 e. The first-order valence-electron chi connectivity index (χ1n) is 9.30. The molecule has 0 bridgehead atoms. The molecule has 2 aromatic heterocycles. The van der Waals surface area contributed by atoms with Gasteiger partial charge in [0.25, 0.3) is 0 Å². The molecule has 0 saturated carbocycles. The van der Waals surface area contributed by atoms with Crippen molar-refractivity contribution in [1.29, 1.82) is 0 Å². The van der Waals surface area contributed by atoms with Crippen LogP contribution in [0, 0.1) is 0 Å². The molecule has 1 aliphatic rings. The standard InChI is InChI=1S/C20H24N6OS/c1-25(2)16-6-4-15(5-7-16)19-22-12-17(27-19)13-28-20-24-23-18(26(20)3)14-8-10-21-11-9-14/h4-11,17,19,22H,12-13H2,1-3H3/p+1/t17-,19-/m1/s1. The van der Waals surface area contributed by atoms with Gasteiger partial charge in [-0.05, 0) is 36.4 Å². The summed E-state index contributed by atoms with van der Waals surface area (Å²) in [6.45, 7) is 0.947. The average molecular weight is 398 g/mol. The highest BCUT2D eigenvalue weighted by Crippen LogP contribution is 2.25. The van der Waals surface area contributed by atoms with Gasteiger partial charge in [0, 0.05) is 56.1 Å². The summed E-state index contributed by atoms with van der Waals surface area (Å²) >= 11 is 1.69. The van der Waals surface area contributed by atoms with Gasteiger partial charge in [-0.15, -0.1) is 10.2 Å². The van der Waals surface area contributed by atoms with E-state index >= 15 is 0 Å². The third kappa shape index (κ3) is 4.04. The molecule has 2 atom stereocenters. The summed E-state index contributed by atoms with van der Waals surface area (Å²) in [4.78, 5) is 6.16. The Kier molecular flexibility index (Phi) is 5.61. The van der Waals surface area contributed by atoms with E-state index in [1.165, 1.54) is 11.3 Å². The molecule has 1 aliphatic heterocycles. The van der Waals surface area contributed by atoms with Crippen molar-refractivity contribution in [2.24, 2.45) is 7.05 Å². The van der Waals surface area contributed by atoms with E-state index in [0.29, 0.717) is 0 Å². The number of nitrogens with two attached hydrogens (primary N) is 1. The van der Waals surface area contributed by atoms with Crippen LogP contribution in [0.2, 0.25) is 0 Å². The first-order valence-corrected chi connectivity index (χ1v) is 10.3. The van der Waals surface area contributed by atoms with E-state index in [-0.39, 0.29) is 12.3 Å². The number of rotatable bonds is 6. The molecule has 0 radical (unpaired) electrons. The minimum absolute atomic E-state index is 0.0636. The predicted octanol–water partition coefficient (Wildman–Crippen LogP) is 1.70. The third-order valence-corrected chi connectivity index (χ3v) is 6.01. The topological polar surface area (TPSA) is 72.7 Å². The average Bonchev–Trinajstić information content (AvgIpc) is 3.34. The Labute approximate surface area is 169 Å². The second kappa shape index (κ2) is 8.30. The maximum absolute atomic E-state index is 6.25. The fraction of sp³-hybridized carbons (Fsp3) is 0.350. The summed E-state index contributed by atoms with van der Waals surface area (Å²) in [6, 6.07) is 12.5. The van der Waals surface area contributed by atoms with E-state index in [1.54, 1.807) is 24.2 Å². The van der Waals surface area contributed by atoms with Gasteiger partial charge in [0.2, 0.25) is 6.23 Å². The van der Waals surface area contributed by atoms with Crippen LogP contribution < -0.4 is 10.2 Å². The lowest BCUT2D eigenvalue weighted by atomic mass is 10.2. The Balaban J connectivity index is 1.35. The van der Waals surface area contributed by atoms with Crippen LogP contribution in [-0.4, -0.2) is 52.2 Å². The highest BCUT2D eigenvalue weighted by Gasteiger charge is 2.30. The van der Waals surface area contributed by atoms with Crippen LogP contribution in [0.1, 0.15) is 11.8 Å². The minimum atomic E-state index is 0.0636. The molecule has 0 aliphatic carbocycles. The van der Waals surface area contributed by atoms with Gasteiger partial charge in [-0.1, -0.05) is 11.8 Å². The van der Waals surface area contributed by atoms with Gasteiger partial charge < -0.3 is 19.5 Å². The van der Waals surface area contributed by atoms with E-state index in [9.17, 15) is 0 Å². The van der Waals surface area contributed by atoms with Gasteiger partial charge in [-0.3, -0.25) is 4.98 Å². The van der Waals surface area contributed by atoms with E-state index in [1.807, 2.05) is 37.8 Å². The van der Waals surface area contributed by atoms with Crippen LogP contribution >= 0.6 is 11.8 Å². The van der Waals surface area contributed by atoms with Crippen molar-refractivity contribution in [1.82, 2.24) is 19.7 Å². The molecule has 0 spiro atoms. The largest absolute Gasteiger partial charge is 0.378 e. The first kappa shape index (κ1) is 18.9. The predicted molar refractivity (Wildman–Crippen MR) is 110 cm³/mol. The van der Waals surface area contributed by atoms with Crippen LogP contribution in [0.25, 0.3) is 11.4 Å². The molecular weight excluding hydrogens is 372 g/mol. The molecule has 28 heavy (non-hydrogen) atoms. The molecule has 4 rings (SSSR count). The molecule has 1 fully saturated rings. The van der Waals surface area contributed by atoms with Crippen molar-refractivity contribution >= 4 is 17.4 Å². The Morgan fingerprint density at radius 2 is 1.89 bits per heavy atom. The summed E-state index contributed by atoms with van der Waals surface area (Å²) in [6.07, 6.45) is 3.78. The van der Waals surface area contributed by atoms with Gasteiger partial charge in [-0.25, -0.2) is 0 Å². The SMILES string of the molecule is CN(C)c1ccc([C@@H]2[NH2+]C[C@H](CSc3nnc(-c4ccncc4)n3C)O2)cc1. The van der Waals surface area contributed by atoms with Crippen LogP contribution in [0.5, 0.6) is 0 Å². The Morgan fingerprint density at radius 1 is 1.14 bits per heavy atom. The fourth-order valence-electron chi connectivity index (χ4n) is 3.24. The first-order chi connectivity index (χ1) is 13.6. The number of quaternary nitrogens is 1. The second-order valence-electron chi connectivity index (χ2n) is 7.05. The summed E-state index contributed by atoms with van der Waals surface area (Å²) in [5.74, 6) is 1.70. The zero-order valence-corrected chi connectivity index (χ0v) is 17.1. The monoisotopic (exact) mass is 397 g/mol. The summed E-state index contributed by atoms with van der Waals surface area (Å²) < 4.78 is 8.27. The Morgan fingerprint density at radius 3 is 2.61 bits per heavy atom. The number of anilines is 1. The zero-order chi connectivity index (χ0) is 19.5. The lowest BCUT2D eigenvalue weighted by molar-refractivity contribution is -0.697. The van der Waals surface area contributed by atoms with Gasteiger partial charge in [0.1, 0.15) is 12.6 Å². The number of hydrogen-bond acceptors (Lipinski definition) is 6. The number of aromatic nitrogens is 4. The maximum Gasteiger partial charge on any atom is 0.217 e. The van der Waals surface area contributed by atoms with E-state index < -0.39 is 0 Å². The van der Waals surface area contributed by atoms with E-state index in [4.69, 9.17) is 4.74 Å². The van der Waals surface area contributed by atoms with Crippen LogP contribution in [0.15, 0.2) is 53.9 Å². The number of thioether (sulfide) groups is 1. The summed E-state index contributed by atoms with van der Waals surface area (Å²) in [7, 11) is 6.09. The zero-order valence-electron chi connectivity index (χ0n) is 16.3. The normalized spacial score (nSPS) is 19.1. The molecule has 1 saturated heterocycles. The van der Waals surface area contributed by atoms with Crippen molar-refractivity contribution in [2.75, 3.05) is 31.3 Å². The highest BCUT2D eigenvalue weighted by molar-refractivity contribution is 7.99. The number of hydrogen-bond donors (Lipinski definition) is 1. The third-order valence-electron chi connectivity index (χ3n) is 4.86. The van der Waals surface area contributed by atoms with Crippen molar-refractivity contribution in [3.63, 3.8) is 0 Å². The lowest BCUT2D eigenvalue weighted by Crippen LogP contribution is -2.82. The Bertz CT molecular complexity index is 912. The molecule has 2 N–H and O–H groups in total. The fourth-order valence-corrected chi connectivity index (χ4v) is 4.17. The van der Waals surface area contributed by atoms with E-state index in [2.05, 4.69) is 49.7 Å². The lowest BCUT2D eigenvalue weighted by Gasteiger charge is -2.14. The number of benzene rings is 1. The molecular formula is C20H25N6OS+. The summed E-state index contributed by atoms with van der Waals surface area (Å²) in [5.41, 5.74) is 3.42. The molecule has 7 nitrogen and oxygen atoms in total. The molecule has 1 aromatic carbocycles. The molecule has 0 unspecified atom stereocenters. The van der Waals surface area contributed by atoms with Crippen molar-refractivity contribution < 1.29 is 10.1 Å². The number of nitrogens with zero attached hydrogens (tertiary/aromatic N) is 5. The van der Waals surface area contributed by atoms with Crippen LogP contribution in [0.3, 0.4) is 0 Å². The maximum atomic E-state index is 6.25. The van der Waals surface area contributed by atoms with Crippen LogP contribution in [-0.2, 0) is 11.8 Å². The molecule has 3 heterocycles. The van der Waals surface area contributed by atoms with Gasteiger partial charge in [0.05, 0.1) is 0 Å². The number of ether oxygens (including phenoxy) is 1. The van der Waals surface area contributed by atoms with Crippen molar-refractivity contribution in [3.8, 4) is 11.4 Å². The molecule has 8 heteroatoms. The summed E-state index contributed by atoms with van der Waals surface area (Å²) in [5, 5.41) is 11.8. The van der Waals surface area contributed by atoms with Crippen molar-refractivity contribution in [2.45, 2.75) is 17.5 Å². The van der Waals surface area contributed by atoms with Gasteiger partial charge in [0.15, 0.2) is 11.0 Å². The number of pyridine rings is 1. The Hall–Kier alpha value is -2.42. The molecule has 0 amide bonds. The highest BCUT2D eigenvalue weighted by atomic mass is 32.2.